The Balaban J connectivity index is 2.24. The predicted octanol–water partition coefficient (Wildman–Crippen LogP) is 1.03. The molecule has 0 saturated carbocycles. The third-order valence-corrected chi connectivity index (χ3v) is 4.31. The molecule has 0 saturated heterocycles. The van der Waals surface area contributed by atoms with Gasteiger partial charge in [0.2, 0.25) is 0 Å². The van der Waals surface area contributed by atoms with Crippen molar-refractivity contribution in [3.05, 3.63) is 41.7 Å². The van der Waals surface area contributed by atoms with Gasteiger partial charge in [0, 0.05) is 13.2 Å². The van der Waals surface area contributed by atoms with Crippen LogP contribution in [-0.4, -0.2) is 24.7 Å². The highest BCUT2D eigenvalue weighted by Crippen LogP contribution is 2.18. The van der Waals surface area contributed by atoms with Crippen molar-refractivity contribution in [3.8, 4) is 0 Å². The van der Waals surface area contributed by atoms with Crippen LogP contribution in [0.4, 0.5) is 5.69 Å². The van der Waals surface area contributed by atoms with E-state index in [1.165, 1.54) is 0 Å². The molecular formula is C13H18N4O2S. The number of nitrogens with zero attached hydrogens (tertiary/aromatic N) is 2. The molecule has 0 unspecified atom stereocenters. The third kappa shape index (κ3) is 3.17. The summed E-state index contributed by atoms with van der Waals surface area (Å²) in [6.07, 6.45) is 2.37. The Morgan fingerprint density at radius 1 is 1.30 bits per heavy atom. The minimum atomic E-state index is -3.59. The maximum absolute atomic E-state index is 12.3. The van der Waals surface area contributed by atoms with Crippen LogP contribution in [0.15, 0.2) is 35.4 Å². The smallest absolute Gasteiger partial charge is 0.262 e. The van der Waals surface area contributed by atoms with Gasteiger partial charge in [0.15, 0.2) is 0 Å². The Hall–Kier alpha value is -1.86. The van der Waals surface area contributed by atoms with Crippen LogP contribution in [0.3, 0.4) is 0 Å². The molecule has 0 bridgehead atoms. The summed E-state index contributed by atoms with van der Waals surface area (Å²) in [6, 6.07) is 6.72. The van der Waals surface area contributed by atoms with E-state index < -0.39 is 10.0 Å². The van der Waals surface area contributed by atoms with Gasteiger partial charge in [-0.15, -0.1) is 0 Å². The maximum atomic E-state index is 12.3. The lowest BCUT2D eigenvalue weighted by Crippen LogP contribution is -2.13. The summed E-state index contributed by atoms with van der Waals surface area (Å²) >= 11 is 0. The summed E-state index contributed by atoms with van der Waals surface area (Å²) in [5.41, 5.74) is 7.60. The fraction of sp³-hybridized carbons (Fsp3) is 0.308. The van der Waals surface area contributed by atoms with Crippen LogP contribution in [0.5, 0.6) is 0 Å². The Morgan fingerprint density at radius 2 is 1.95 bits per heavy atom. The SMILES string of the molecule is Cc1nn(C)cc1NS(=O)(=O)c1ccc(CCN)cc1. The zero-order chi connectivity index (χ0) is 14.8. The summed E-state index contributed by atoms with van der Waals surface area (Å²) < 4.78 is 28.6. The molecule has 1 heterocycles. The number of aromatic nitrogens is 2. The van der Waals surface area contributed by atoms with Gasteiger partial charge in [-0.2, -0.15) is 5.10 Å². The van der Waals surface area contributed by atoms with Crippen LogP contribution in [0.25, 0.3) is 0 Å². The highest BCUT2D eigenvalue weighted by molar-refractivity contribution is 7.92. The Morgan fingerprint density at radius 3 is 2.45 bits per heavy atom. The number of rotatable bonds is 5. The summed E-state index contributed by atoms with van der Waals surface area (Å²) in [4.78, 5) is 0.224. The quantitative estimate of drug-likeness (QED) is 0.862. The molecular weight excluding hydrogens is 276 g/mol. The van der Waals surface area contributed by atoms with Gasteiger partial charge in [-0.3, -0.25) is 9.40 Å². The van der Waals surface area contributed by atoms with Gasteiger partial charge in [-0.1, -0.05) is 12.1 Å². The lowest BCUT2D eigenvalue weighted by atomic mass is 10.2. The average Bonchev–Trinajstić information content (AvgIpc) is 2.68. The van der Waals surface area contributed by atoms with Crippen LogP contribution in [0, 0.1) is 6.92 Å². The zero-order valence-electron chi connectivity index (χ0n) is 11.5. The van der Waals surface area contributed by atoms with E-state index in [4.69, 9.17) is 5.73 Å². The molecule has 20 heavy (non-hydrogen) atoms. The number of hydrogen-bond donors (Lipinski definition) is 2. The number of nitrogens with one attached hydrogen (secondary N) is 1. The second-order valence-corrected chi connectivity index (χ2v) is 6.27. The molecule has 1 aromatic heterocycles. The molecule has 0 radical (unpaired) electrons. The fourth-order valence-electron chi connectivity index (χ4n) is 1.91. The van der Waals surface area contributed by atoms with E-state index in [0.717, 1.165) is 12.0 Å². The summed E-state index contributed by atoms with van der Waals surface area (Å²) in [5.74, 6) is 0. The van der Waals surface area contributed by atoms with Crippen molar-refractivity contribution in [1.29, 1.82) is 0 Å². The van der Waals surface area contributed by atoms with E-state index in [1.807, 2.05) is 0 Å². The highest BCUT2D eigenvalue weighted by atomic mass is 32.2. The van der Waals surface area contributed by atoms with E-state index in [1.54, 1.807) is 49.1 Å². The van der Waals surface area contributed by atoms with Gasteiger partial charge >= 0.3 is 0 Å². The first-order chi connectivity index (χ1) is 9.42. The van der Waals surface area contributed by atoms with Crippen molar-refractivity contribution in [2.45, 2.75) is 18.2 Å². The van der Waals surface area contributed by atoms with Gasteiger partial charge in [0.1, 0.15) is 0 Å². The van der Waals surface area contributed by atoms with Crippen LogP contribution < -0.4 is 10.5 Å². The Labute approximate surface area is 118 Å². The first kappa shape index (κ1) is 14.5. The summed E-state index contributed by atoms with van der Waals surface area (Å²) in [6.45, 7) is 2.29. The number of anilines is 1. The number of sulfonamides is 1. The van der Waals surface area contributed by atoms with Crippen molar-refractivity contribution >= 4 is 15.7 Å². The van der Waals surface area contributed by atoms with Gasteiger partial charge in [-0.05, 0) is 37.6 Å². The molecule has 3 N–H and O–H groups in total. The third-order valence-electron chi connectivity index (χ3n) is 2.92. The molecule has 1 aromatic carbocycles. The number of benzene rings is 1. The molecule has 0 aliphatic carbocycles. The average molecular weight is 294 g/mol. The standard InChI is InChI=1S/C13H18N4O2S/c1-10-13(9-17(2)15-10)16-20(18,19)12-5-3-11(4-6-12)7-8-14/h3-6,9,16H,7-8,14H2,1-2H3. The molecule has 6 nitrogen and oxygen atoms in total. The molecule has 7 heteroatoms. The Kier molecular flexibility index (Phi) is 4.10. The van der Waals surface area contributed by atoms with Gasteiger partial charge in [0.05, 0.1) is 16.3 Å². The molecule has 108 valence electrons. The molecule has 0 aliphatic heterocycles. The monoisotopic (exact) mass is 294 g/mol. The van der Waals surface area contributed by atoms with Crippen molar-refractivity contribution in [2.75, 3.05) is 11.3 Å². The predicted molar refractivity (Wildman–Crippen MR) is 78.0 cm³/mol. The van der Waals surface area contributed by atoms with Crippen molar-refractivity contribution in [2.24, 2.45) is 12.8 Å². The number of nitrogens with two attached hydrogens (primary N) is 1. The normalized spacial score (nSPS) is 11.6. The van der Waals surface area contributed by atoms with Crippen molar-refractivity contribution < 1.29 is 8.42 Å². The van der Waals surface area contributed by atoms with E-state index in [-0.39, 0.29) is 4.90 Å². The zero-order valence-corrected chi connectivity index (χ0v) is 12.3. The van der Waals surface area contributed by atoms with Crippen LogP contribution >= 0.6 is 0 Å². The summed E-state index contributed by atoms with van der Waals surface area (Å²) in [7, 11) is -1.85. The van der Waals surface area contributed by atoms with E-state index in [2.05, 4.69) is 9.82 Å². The van der Waals surface area contributed by atoms with E-state index in [9.17, 15) is 8.42 Å². The summed E-state index contributed by atoms with van der Waals surface area (Å²) in [5, 5.41) is 4.10. The first-order valence-electron chi connectivity index (χ1n) is 6.24. The number of hydrogen-bond acceptors (Lipinski definition) is 4. The lowest BCUT2D eigenvalue weighted by Gasteiger charge is -2.07. The highest BCUT2D eigenvalue weighted by Gasteiger charge is 2.16. The topological polar surface area (TPSA) is 90.0 Å². The van der Waals surface area contributed by atoms with E-state index in [0.29, 0.717) is 17.9 Å². The minimum Gasteiger partial charge on any atom is -0.330 e. The molecule has 0 aliphatic rings. The molecule has 0 amide bonds. The molecule has 0 fully saturated rings. The molecule has 2 aromatic rings. The second-order valence-electron chi connectivity index (χ2n) is 4.59. The molecule has 0 atom stereocenters. The van der Waals surface area contributed by atoms with Gasteiger partial charge in [-0.25, -0.2) is 8.42 Å². The van der Waals surface area contributed by atoms with Crippen LogP contribution in [0.1, 0.15) is 11.3 Å². The lowest BCUT2D eigenvalue weighted by molar-refractivity contribution is 0.601. The largest absolute Gasteiger partial charge is 0.330 e. The number of aryl methyl sites for hydroxylation is 2. The maximum Gasteiger partial charge on any atom is 0.262 e. The van der Waals surface area contributed by atoms with Crippen molar-refractivity contribution in [3.63, 3.8) is 0 Å². The minimum absolute atomic E-state index is 0.224. The fourth-order valence-corrected chi connectivity index (χ4v) is 3.01. The van der Waals surface area contributed by atoms with Crippen molar-refractivity contribution in [1.82, 2.24) is 9.78 Å². The molecule has 0 spiro atoms. The van der Waals surface area contributed by atoms with Gasteiger partial charge < -0.3 is 5.73 Å². The van der Waals surface area contributed by atoms with Crippen LogP contribution in [-0.2, 0) is 23.5 Å². The second kappa shape index (κ2) is 5.64. The molecule has 2 rings (SSSR count). The van der Waals surface area contributed by atoms with Gasteiger partial charge in [0.25, 0.3) is 10.0 Å². The Bertz CT molecular complexity index is 690. The van der Waals surface area contributed by atoms with Crippen LogP contribution in [0.2, 0.25) is 0 Å². The van der Waals surface area contributed by atoms with E-state index >= 15 is 0 Å². The first-order valence-corrected chi connectivity index (χ1v) is 7.73.